The number of carbonyl (C=O) groups is 2. The summed E-state index contributed by atoms with van der Waals surface area (Å²) in [6.45, 7) is 4.74. The first-order valence-corrected chi connectivity index (χ1v) is 9.25. The molecule has 0 heterocycles. The molecule has 4 fully saturated rings. The van der Waals surface area contributed by atoms with Gasteiger partial charge in [-0.05, 0) is 73.5 Å². The topological polar surface area (TPSA) is 55.4 Å². The number of amides is 1. The first kappa shape index (κ1) is 16.6. The Morgan fingerprint density at radius 2 is 1.76 bits per heavy atom. The zero-order valence-electron chi connectivity index (χ0n) is 15.4. The summed E-state index contributed by atoms with van der Waals surface area (Å²) in [5, 5.41) is 3.11. The molecule has 0 aliphatic heterocycles. The van der Waals surface area contributed by atoms with E-state index in [0.29, 0.717) is 28.0 Å². The molecule has 5 rings (SSSR count). The van der Waals surface area contributed by atoms with Gasteiger partial charge < -0.3 is 10.1 Å². The first-order chi connectivity index (χ1) is 11.7. The van der Waals surface area contributed by atoms with E-state index in [0.717, 1.165) is 19.3 Å². The fourth-order valence-corrected chi connectivity index (χ4v) is 6.81. The quantitative estimate of drug-likeness (QED) is 0.829. The molecule has 4 bridgehead atoms. The van der Waals surface area contributed by atoms with Gasteiger partial charge in [-0.15, -0.1) is 0 Å². The van der Waals surface area contributed by atoms with Gasteiger partial charge in [0.05, 0.1) is 18.1 Å². The number of nitrogens with one attached hydrogen (secondary N) is 1. The lowest BCUT2D eigenvalue weighted by atomic mass is 9.40. The average molecular weight is 341 g/mol. The lowest BCUT2D eigenvalue weighted by Crippen LogP contribution is -2.58. The van der Waals surface area contributed by atoms with Crippen LogP contribution in [0.1, 0.15) is 62.7 Å². The minimum Gasteiger partial charge on any atom is -0.465 e. The number of anilines is 1. The summed E-state index contributed by atoms with van der Waals surface area (Å²) in [5.41, 5.74) is 1.51. The third-order valence-corrected chi connectivity index (χ3v) is 6.65. The number of hydrogen-bond donors (Lipinski definition) is 1. The molecule has 0 unspecified atom stereocenters. The molecule has 4 saturated carbocycles. The van der Waals surface area contributed by atoms with Crippen LogP contribution in [0.2, 0.25) is 0 Å². The Balaban J connectivity index is 1.58. The van der Waals surface area contributed by atoms with Crippen LogP contribution in [0.25, 0.3) is 0 Å². The molecule has 4 nitrogen and oxygen atoms in total. The summed E-state index contributed by atoms with van der Waals surface area (Å²) < 4.78 is 4.77. The molecule has 1 N–H and O–H groups in total. The second kappa shape index (κ2) is 5.33. The van der Waals surface area contributed by atoms with Crippen LogP contribution in [0.4, 0.5) is 5.69 Å². The van der Waals surface area contributed by atoms with Gasteiger partial charge in [0.1, 0.15) is 0 Å². The van der Waals surface area contributed by atoms with E-state index in [1.807, 2.05) is 6.07 Å². The van der Waals surface area contributed by atoms with Crippen LogP contribution in [0.5, 0.6) is 0 Å². The van der Waals surface area contributed by atoms with Crippen molar-refractivity contribution in [2.24, 2.45) is 22.2 Å². The van der Waals surface area contributed by atoms with Crippen molar-refractivity contribution < 1.29 is 14.3 Å². The normalized spacial score (nSPS) is 38.4. The summed E-state index contributed by atoms with van der Waals surface area (Å²) in [6, 6.07) is 7.03. The second-order valence-corrected chi connectivity index (χ2v) is 9.44. The zero-order chi connectivity index (χ0) is 17.9. The van der Waals surface area contributed by atoms with Gasteiger partial charge in [0, 0.05) is 5.69 Å². The SMILES string of the molecule is COC(=O)c1cccc(NC(=O)C23CC4C[C@](C)(C2)C[C@](C)(C4)C3)c1. The van der Waals surface area contributed by atoms with E-state index in [1.54, 1.807) is 18.2 Å². The summed E-state index contributed by atoms with van der Waals surface area (Å²) in [6.07, 6.45) is 6.80. The van der Waals surface area contributed by atoms with Crippen LogP contribution >= 0.6 is 0 Å². The van der Waals surface area contributed by atoms with Crippen molar-refractivity contribution in [2.45, 2.75) is 52.4 Å². The van der Waals surface area contributed by atoms with Crippen molar-refractivity contribution in [1.82, 2.24) is 0 Å². The number of carbonyl (C=O) groups excluding carboxylic acids is 2. The molecule has 1 aromatic carbocycles. The van der Waals surface area contributed by atoms with Crippen LogP contribution < -0.4 is 5.32 Å². The van der Waals surface area contributed by atoms with E-state index in [4.69, 9.17) is 4.74 Å². The summed E-state index contributed by atoms with van der Waals surface area (Å²) in [7, 11) is 1.37. The van der Waals surface area contributed by atoms with Crippen LogP contribution in [0, 0.1) is 22.2 Å². The van der Waals surface area contributed by atoms with Gasteiger partial charge in [0.2, 0.25) is 5.91 Å². The monoisotopic (exact) mass is 341 g/mol. The predicted octanol–water partition coefficient (Wildman–Crippen LogP) is 4.41. The lowest BCUT2D eigenvalue weighted by molar-refractivity contribution is -0.165. The van der Waals surface area contributed by atoms with Crippen LogP contribution in [-0.2, 0) is 9.53 Å². The molecule has 0 spiro atoms. The number of ether oxygens (including phenoxy) is 1. The van der Waals surface area contributed by atoms with Gasteiger partial charge in [-0.2, -0.15) is 0 Å². The van der Waals surface area contributed by atoms with Crippen molar-refractivity contribution in [3.63, 3.8) is 0 Å². The number of methoxy groups -OCH3 is 1. The molecule has 134 valence electrons. The Kier molecular flexibility index (Phi) is 3.54. The maximum Gasteiger partial charge on any atom is 0.337 e. The first-order valence-electron chi connectivity index (χ1n) is 9.25. The third-order valence-electron chi connectivity index (χ3n) is 6.65. The molecular weight excluding hydrogens is 314 g/mol. The molecule has 4 aliphatic carbocycles. The Bertz CT molecular complexity index is 722. The molecule has 0 aromatic heterocycles. The van der Waals surface area contributed by atoms with E-state index in [1.165, 1.54) is 26.4 Å². The van der Waals surface area contributed by atoms with Crippen molar-refractivity contribution in [3.8, 4) is 0 Å². The summed E-state index contributed by atoms with van der Waals surface area (Å²) in [5.74, 6) is 0.431. The van der Waals surface area contributed by atoms with E-state index in [9.17, 15) is 9.59 Å². The molecule has 1 amide bonds. The Morgan fingerprint density at radius 1 is 1.08 bits per heavy atom. The molecular formula is C21H27NO3. The van der Waals surface area contributed by atoms with Crippen LogP contribution in [-0.4, -0.2) is 19.0 Å². The molecule has 0 saturated heterocycles. The van der Waals surface area contributed by atoms with Gasteiger partial charge in [0.25, 0.3) is 0 Å². The molecule has 25 heavy (non-hydrogen) atoms. The van der Waals surface area contributed by atoms with Crippen molar-refractivity contribution >= 4 is 17.6 Å². The van der Waals surface area contributed by atoms with E-state index >= 15 is 0 Å². The van der Waals surface area contributed by atoms with Gasteiger partial charge in [-0.3, -0.25) is 4.79 Å². The largest absolute Gasteiger partial charge is 0.465 e. The highest BCUT2D eigenvalue weighted by Gasteiger charge is 2.62. The number of esters is 1. The maximum absolute atomic E-state index is 13.3. The minimum atomic E-state index is -0.383. The molecule has 1 aromatic rings. The minimum absolute atomic E-state index is 0.135. The molecule has 2 atom stereocenters. The highest BCUT2D eigenvalue weighted by atomic mass is 16.5. The van der Waals surface area contributed by atoms with Crippen LogP contribution in [0.3, 0.4) is 0 Å². The summed E-state index contributed by atoms with van der Waals surface area (Å²) >= 11 is 0. The Labute approximate surface area is 149 Å². The fourth-order valence-electron chi connectivity index (χ4n) is 6.81. The summed E-state index contributed by atoms with van der Waals surface area (Å²) in [4.78, 5) is 25.0. The highest BCUT2D eigenvalue weighted by Crippen LogP contribution is 2.69. The number of rotatable bonds is 3. The number of hydrogen-bond acceptors (Lipinski definition) is 3. The molecule has 4 aliphatic rings. The zero-order valence-corrected chi connectivity index (χ0v) is 15.4. The molecule has 4 heteroatoms. The van der Waals surface area contributed by atoms with Crippen molar-refractivity contribution in [3.05, 3.63) is 29.8 Å². The predicted molar refractivity (Wildman–Crippen MR) is 96.3 cm³/mol. The maximum atomic E-state index is 13.3. The second-order valence-electron chi connectivity index (χ2n) is 9.44. The number of benzene rings is 1. The van der Waals surface area contributed by atoms with Gasteiger partial charge in [0.15, 0.2) is 0 Å². The van der Waals surface area contributed by atoms with E-state index in [-0.39, 0.29) is 17.3 Å². The van der Waals surface area contributed by atoms with E-state index < -0.39 is 0 Å². The van der Waals surface area contributed by atoms with Crippen molar-refractivity contribution in [2.75, 3.05) is 12.4 Å². The molecule has 0 radical (unpaired) electrons. The van der Waals surface area contributed by atoms with Crippen molar-refractivity contribution in [1.29, 1.82) is 0 Å². The Hall–Kier alpha value is -1.84. The van der Waals surface area contributed by atoms with Gasteiger partial charge in [-0.1, -0.05) is 19.9 Å². The van der Waals surface area contributed by atoms with E-state index in [2.05, 4.69) is 19.2 Å². The lowest BCUT2D eigenvalue weighted by Gasteiger charge is -2.64. The Morgan fingerprint density at radius 3 is 2.36 bits per heavy atom. The smallest absolute Gasteiger partial charge is 0.337 e. The van der Waals surface area contributed by atoms with Gasteiger partial charge >= 0.3 is 5.97 Å². The highest BCUT2D eigenvalue weighted by molar-refractivity contribution is 5.97. The third kappa shape index (κ3) is 2.76. The fraction of sp³-hybridized carbons (Fsp3) is 0.619. The van der Waals surface area contributed by atoms with Gasteiger partial charge in [-0.25, -0.2) is 4.79 Å². The standard InChI is InChI=1S/C21H27NO3/c1-19-8-14-9-20(2,11-19)13-21(10-14,12-19)18(24)22-16-6-4-5-15(7-16)17(23)25-3/h4-7,14H,8-13H2,1-3H3,(H,22,24)/t14?,19-,20-,21?/m0/s1. The average Bonchev–Trinajstić information content (AvgIpc) is 2.51. The van der Waals surface area contributed by atoms with Crippen LogP contribution in [0.15, 0.2) is 24.3 Å².